The fourth-order valence-corrected chi connectivity index (χ4v) is 2.43. The van der Waals surface area contributed by atoms with Gasteiger partial charge >= 0.3 is 0 Å². The quantitative estimate of drug-likeness (QED) is 0.782. The lowest BCUT2D eigenvalue weighted by molar-refractivity contribution is 0.661. The molecule has 1 aromatic carbocycles. The van der Waals surface area contributed by atoms with E-state index >= 15 is 0 Å². The summed E-state index contributed by atoms with van der Waals surface area (Å²) >= 11 is 7.65. The van der Waals surface area contributed by atoms with Crippen molar-refractivity contribution in [2.45, 2.75) is 30.7 Å². The molecule has 0 aliphatic carbocycles. The molecule has 0 fully saturated rings. The predicted molar refractivity (Wildman–Crippen MR) is 65.1 cm³/mol. The minimum Gasteiger partial charge on any atom is -0.327 e. The molecule has 1 aromatic rings. The molecule has 78 valence electrons. The van der Waals surface area contributed by atoms with Crippen molar-refractivity contribution in [2.75, 3.05) is 5.75 Å². The van der Waals surface area contributed by atoms with Crippen LogP contribution in [0.25, 0.3) is 0 Å². The van der Waals surface area contributed by atoms with Crippen molar-refractivity contribution in [3.63, 3.8) is 0 Å². The second-order valence-electron chi connectivity index (χ2n) is 3.32. The summed E-state index contributed by atoms with van der Waals surface area (Å²) in [6.45, 7) is 2.16. The van der Waals surface area contributed by atoms with Crippen LogP contribution < -0.4 is 5.73 Å². The molecule has 0 aromatic heterocycles. The number of thioether (sulfide) groups is 1. The van der Waals surface area contributed by atoms with Crippen molar-refractivity contribution in [1.82, 2.24) is 0 Å². The zero-order valence-corrected chi connectivity index (χ0v) is 9.94. The van der Waals surface area contributed by atoms with Gasteiger partial charge in [-0.05, 0) is 24.6 Å². The Morgan fingerprint density at radius 1 is 1.50 bits per heavy atom. The van der Waals surface area contributed by atoms with Crippen molar-refractivity contribution < 1.29 is 0 Å². The normalized spacial score (nSPS) is 12.8. The molecule has 0 saturated carbocycles. The van der Waals surface area contributed by atoms with Crippen LogP contribution >= 0.6 is 23.4 Å². The first-order chi connectivity index (χ1) is 6.72. The minimum absolute atomic E-state index is 0.295. The van der Waals surface area contributed by atoms with Gasteiger partial charge in [-0.2, -0.15) is 0 Å². The van der Waals surface area contributed by atoms with Crippen LogP contribution in [0.3, 0.4) is 0 Å². The molecular formula is C11H16ClNS. The molecule has 0 spiro atoms. The van der Waals surface area contributed by atoms with Gasteiger partial charge in [0.25, 0.3) is 0 Å². The maximum Gasteiger partial charge on any atom is 0.0417 e. The first-order valence-electron chi connectivity index (χ1n) is 4.86. The summed E-state index contributed by atoms with van der Waals surface area (Å²) in [6, 6.07) is 8.19. The topological polar surface area (TPSA) is 26.0 Å². The fourth-order valence-electron chi connectivity index (χ4n) is 1.21. The minimum atomic E-state index is 0.295. The van der Waals surface area contributed by atoms with E-state index in [4.69, 9.17) is 17.3 Å². The molecule has 0 bridgehead atoms. The van der Waals surface area contributed by atoms with E-state index < -0.39 is 0 Å². The lowest BCUT2D eigenvalue weighted by atomic mass is 10.2. The van der Waals surface area contributed by atoms with Gasteiger partial charge in [0.2, 0.25) is 0 Å². The van der Waals surface area contributed by atoms with E-state index in [0.717, 1.165) is 23.6 Å². The molecule has 3 heteroatoms. The third kappa shape index (κ3) is 4.36. The standard InChI is InChI=1S/C11H16ClNS/c1-2-4-10(13)8-14-11-6-3-5-9(12)7-11/h3,5-7,10H,2,4,8,13H2,1H3/t10-/m1/s1. The van der Waals surface area contributed by atoms with Crippen LogP contribution in [0, 0.1) is 0 Å². The van der Waals surface area contributed by atoms with E-state index in [2.05, 4.69) is 13.0 Å². The number of rotatable bonds is 5. The SMILES string of the molecule is CCC[C@@H](N)CSc1cccc(Cl)c1. The summed E-state index contributed by atoms with van der Waals surface area (Å²) in [5.41, 5.74) is 5.92. The van der Waals surface area contributed by atoms with Crippen LogP contribution in [0.1, 0.15) is 19.8 Å². The first kappa shape index (κ1) is 11.9. The van der Waals surface area contributed by atoms with E-state index in [0.29, 0.717) is 6.04 Å². The Labute approximate surface area is 95.0 Å². The van der Waals surface area contributed by atoms with Crippen molar-refractivity contribution in [3.05, 3.63) is 29.3 Å². The summed E-state index contributed by atoms with van der Waals surface area (Å²) in [4.78, 5) is 1.20. The molecule has 0 aliphatic rings. The number of nitrogens with two attached hydrogens (primary N) is 1. The summed E-state index contributed by atoms with van der Waals surface area (Å²) in [6.07, 6.45) is 2.24. The Hall–Kier alpha value is -0.180. The smallest absolute Gasteiger partial charge is 0.0417 e. The highest BCUT2D eigenvalue weighted by Crippen LogP contribution is 2.22. The average molecular weight is 230 g/mol. The molecule has 1 atom stereocenters. The third-order valence-electron chi connectivity index (χ3n) is 1.92. The van der Waals surface area contributed by atoms with Crippen molar-refractivity contribution in [1.29, 1.82) is 0 Å². The number of benzene rings is 1. The zero-order chi connectivity index (χ0) is 10.4. The summed E-state index contributed by atoms with van der Waals surface area (Å²) in [5.74, 6) is 0.966. The van der Waals surface area contributed by atoms with E-state index in [9.17, 15) is 0 Å². The number of hydrogen-bond donors (Lipinski definition) is 1. The van der Waals surface area contributed by atoms with E-state index in [1.807, 2.05) is 18.2 Å². The molecule has 0 amide bonds. The van der Waals surface area contributed by atoms with Crippen LogP contribution in [0.5, 0.6) is 0 Å². The number of halogens is 1. The molecule has 1 nitrogen and oxygen atoms in total. The van der Waals surface area contributed by atoms with E-state index in [-0.39, 0.29) is 0 Å². The summed E-state index contributed by atoms with van der Waals surface area (Å²) in [7, 11) is 0. The molecule has 0 radical (unpaired) electrons. The maximum absolute atomic E-state index is 5.92. The third-order valence-corrected chi connectivity index (χ3v) is 3.34. The highest BCUT2D eigenvalue weighted by atomic mass is 35.5. The van der Waals surface area contributed by atoms with Gasteiger partial charge in [0.15, 0.2) is 0 Å². The maximum atomic E-state index is 5.92. The van der Waals surface area contributed by atoms with E-state index in [1.165, 1.54) is 4.90 Å². The first-order valence-corrected chi connectivity index (χ1v) is 6.22. The molecular weight excluding hydrogens is 214 g/mol. The van der Waals surface area contributed by atoms with Crippen molar-refractivity contribution in [2.24, 2.45) is 5.73 Å². The van der Waals surface area contributed by atoms with Gasteiger partial charge in [0, 0.05) is 21.7 Å². The van der Waals surface area contributed by atoms with Gasteiger partial charge in [-0.15, -0.1) is 11.8 Å². The van der Waals surface area contributed by atoms with Gasteiger partial charge in [0.1, 0.15) is 0 Å². The second-order valence-corrected chi connectivity index (χ2v) is 4.85. The molecule has 1 rings (SSSR count). The molecule has 0 unspecified atom stereocenters. The molecule has 2 N–H and O–H groups in total. The van der Waals surface area contributed by atoms with Gasteiger partial charge < -0.3 is 5.73 Å². The monoisotopic (exact) mass is 229 g/mol. The van der Waals surface area contributed by atoms with Gasteiger partial charge in [-0.3, -0.25) is 0 Å². The van der Waals surface area contributed by atoms with Crippen LogP contribution in [-0.4, -0.2) is 11.8 Å². The Morgan fingerprint density at radius 2 is 2.29 bits per heavy atom. The molecule has 0 aliphatic heterocycles. The van der Waals surface area contributed by atoms with Gasteiger partial charge in [-0.25, -0.2) is 0 Å². The molecule has 0 heterocycles. The van der Waals surface area contributed by atoms with Crippen molar-refractivity contribution >= 4 is 23.4 Å². The average Bonchev–Trinajstić information content (AvgIpc) is 2.15. The molecule has 0 saturated heterocycles. The van der Waals surface area contributed by atoms with Crippen LogP contribution in [-0.2, 0) is 0 Å². The lowest BCUT2D eigenvalue weighted by Gasteiger charge is -2.09. The van der Waals surface area contributed by atoms with Gasteiger partial charge in [0.05, 0.1) is 0 Å². The molecule has 14 heavy (non-hydrogen) atoms. The number of hydrogen-bond acceptors (Lipinski definition) is 2. The second kappa shape index (κ2) is 6.33. The van der Waals surface area contributed by atoms with Crippen LogP contribution in [0.4, 0.5) is 0 Å². The Bertz CT molecular complexity index is 278. The summed E-state index contributed by atoms with van der Waals surface area (Å²) < 4.78 is 0. The Balaban J connectivity index is 2.37. The fraction of sp³-hybridized carbons (Fsp3) is 0.455. The van der Waals surface area contributed by atoms with E-state index in [1.54, 1.807) is 11.8 Å². The van der Waals surface area contributed by atoms with Crippen LogP contribution in [0.2, 0.25) is 5.02 Å². The highest BCUT2D eigenvalue weighted by molar-refractivity contribution is 7.99. The Kier molecular flexibility index (Phi) is 5.38. The van der Waals surface area contributed by atoms with Crippen molar-refractivity contribution in [3.8, 4) is 0 Å². The predicted octanol–water partition coefficient (Wildman–Crippen LogP) is 3.56. The summed E-state index contributed by atoms with van der Waals surface area (Å²) in [5, 5.41) is 0.791. The Morgan fingerprint density at radius 3 is 2.93 bits per heavy atom. The van der Waals surface area contributed by atoms with Crippen LogP contribution in [0.15, 0.2) is 29.2 Å². The van der Waals surface area contributed by atoms with Gasteiger partial charge in [-0.1, -0.05) is 31.0 Å². The lowest BCUT2D eigenvalue weighted by Crippen LogP contribution is -2.22. The highest BCUT2D eigenvalue weighted by Gasteiger charge is 2.02. The largest absolute Gasteiger partial charge is 0.327 e. The zero-order valence-electron chi connectivity index (χ0n) is 8.37.